The van der Waals surface area contributed by atoms with E-state index in [1.54, 1.807) is 0 Å². The van der Waals surface area contributed by atoms with Gasteiger partial charge in [0.25, 0.3) is 0 Å². The molecule has 1 unspecified atom stereocenters. The van der Waals surface area contributed by atoms with Crippen LogP contribution in [0.15, 0.2) is 28.7 Å². The number of hydrogen-bond donors (Lipinski definition) is 1. The van der Waals surface area contributed by atoms with Crippen LogP contribution < -0.4 is 5.32 Å². The first-order valence-electron chi connectivity index (χ1n) is 7.86. The zero-order valence-electron chi connectivity index (χ0n) is 12.4. The number of benzene rings is 1. The lowest BCUT2D eigenvalue weighted by Crippen LogP contribution is -2.23. The Morgan fingerprint density at radius 3 is 2.85 bits per heavy atom. The van der Waals surface area contributed by atoms with E-state index in [9.17, 15) is 0 Å². The van der Waals surface area contributed by atoms with Crippen molar-refractivity contribution in [2.75, 3.05) is 13.2 Å². The number of hydrogen-bond acceptors (Lipinski definition) is 2. The van der Waals surface area contributed by atoms with Gasteiger partial charge in [0.2, 0.25) is 0 Å². The predicted octanol–water partition coefficient (Wildman–Crippen LogP) is 4.84. The first-order valence-corrected chi connectivity index (χ1v) is 8.65. The van der Waals surface area contributed by atoms with E-state index in [-0.39, 0.29) is 0 Å². The van der Waals surface area contributed by atoms with E-state index in [0.29, 0.717) is 12.1 Å². The summed E-state index contributed by atoms with van der Waals surface area (Å²) in [5.41, 5.74) is 1.33. The van der Waals surface area contributed by atoms with E-state index in [2.05, 4.69) is 52.4 Å². The molecule has 1 fully saturated rings. The third kappa shape index (κ3) is 5.55. The van der Waals surface area contributed by atoms with E-state index >= 15 is 0 Å². The van der Waals surface area contributed by atoms with Crippen LogP contribution in [0.5, 0.6) is 0 Å². The largest absolute Gasteiger partial charge is 0.378 e. The fourth-order valence-electron chi connectivity index (χ4n) is 2.77. The average molecular weight is 340 g/mol. The summed E-state index contributed by atoms with van der Waals surface area (Å²) >= 11 is 3.52. The van der Waals surface area contributed by atoms with Crippen molar-refractivity contribution in [2.24, 2.45) is 0 Å². The fourth-order valence-corrected chi connectivity index (χ4v) is 3.18. The van der Waals surface area contributed by atoms with Gasteiger partial charge in [-0.1, -0.05) is 47.3 Å². The Labute approximate surface area is 131 Å². The van der Waals surface area contributed by atoms with Crippen LogP contribution in [-0.4, -0.2) is 19.3 Å². The molecule has 0 spiro atoms. The molecule has 2 rings (SSSR count). The Kier molecular flexibility index (Phi) is 7.05. The molecular formula is C17H26BrNO. The Bertz CT molecular complexity index is 390. The molecule has 0 heterocycles. The zero-order chi connectivity index (χ0) is 14.2. The minimum absolute atomic E-state index is 0.391. The van der Waals surface area contributed by atoms with Crippen LogP contribution in [0.1, 0.15) is 57.1 Å². The quantitative estimate of drug-likeness (QED) is 0.717. The van der Waals surface area contributed by atoms with Gasteiger partial charge in [0.05, 0.1) is 6.10 Å². The number of halogens is 1. The highest BCUT2D eigenvalue weighted by atomic mass is 79.9. The predicted molar refractivity (Wildman–Crippen MR) is 88.0 cm³/mol. The highest BCUT2D eigenvalue weighted by Crippen LogP contribution is 2.20. The van der Waals surface area contributed by atoms with Crippen molar-refractivity contribution >= 4 is 15.9 Å². The summed E-state index contributed by atoms with van der Waals surface area (Å²) in [6.07, 6.45) is 8.25. The molecule has 1 aromatic carbocycles. The number of rotatable bonds is 7. The van der Waals surface area contributed by atoms with Crippen LogP contribution in [0.4, 0.5) is 0 Å². The van der Waals surface area contributed by atoms with Gasteiger partial charge in [-0.2, -0.15) is 0 Å². The van der Waals surface area contributed by atoms with Gasteiger partial charge in [0.1, 0.15) is 0 Å². The first-order chi connectivity index (χ1) is 9.75. The van der Waals surface area contributed by atoms with Gasteiger partial charge in [-0.3, -0.25) is 0 Å². The average Bonchev–Trinajstić information content (AvgIpc) is 2.48. The standard InChI is InChI=1S/C17H26BrNO/c1-14(15-7-5-8-16(18)13-15)19-11-6-12-20-17-9-3-2-4-10-17/h5,7-8,13-14,17,19H,2-4,6,9-12H2,1H3. The SMILES string of the molecule is CC(NCCCOC1CCCCC1)c1cccc(Br)c1. The third-order valence-corrected chi connectivity index (χ3v) is 4.52. The lowest BCUT2D eigenvalue weighted by Gasteiger charge is -2.22. The summed E-state index contributed by atoms with van der Waals surface area (Å²) in [6, 6.07) is 8.89. The van der Waals surface area contributed by atoms with Gasteiger partial charge < -0.3 is 10.1 Å². The maximum atomic E-state index is 5.94. The Hall–Kier alpha value is -0.380. The van der Waals surface area contributed by atoms with Gasteiger partial charge >= 0.3 is 0 Å². The molecular weight excluding hydrogens is 314 g/mol. The third-order valence-electron chi connectivity index (χ3n) is 4.03. The number of nitrogens with one attached hydrogen (secondary N) is 1. The monoisotopic (exact) mass is 339 g/mol. The molecule has 0 aliphatic heterocycles. The van der Waals surface area contributed by atoms with Crippen LogP contribution in [0.25, 0.3) is 0 Å². The Balaban J connectivity index is 1.58. The van der Waals surface area contributed by atoms with Crippen LogP contribution >= 0.6 is 15.9 Å². The van der Waals surface area contributed by atoms with Crippen LogP contribution in [0, 0.1) is 0 Å². The molecule has 1 aromatic rings. The summed E-state index contributed by atoms with van der Waals surface area (Å²) in [4.78, 5) is 0. The Morgan fingerprint density at radius 2 is 2.10 bits per heavy atom. The Morgan fingerprint density at radius 1 is 1.30 bits per heavy atom. The summed E-state index contributed by atoms with van der Waals surface area (Å²) in [5.74, 6) is 0. The molecule has 1 aliphatic carbocycles. The molecule has 112 valence electrons. The van der Waals surface area contributed by atoms with Gasteiger partial charge in [-0.05, 0) is 50.4 Å². The van der Waals surface area contributed by atoms with Crippen LogP contribution in [0.3, 0.4) is 0 Å². The van der Waals surface area contributed by atoms with Crippen molar-refractivity contribution in [2.45, 2.75) is 57.6 Å². The lowest BCUT2D eigenvalue weighted by molar-refractivity contribution is 0.0271. The molecule has 20 heavy (non-hydrogen) atoms. The van der Waals surface area contributed by atoms with E-state index in [4.69, 9.17) is 4.74 Å². The topological polar surface area (TPSA) is 21.3 Å². The molecule has 1 saturated carbocycles. The number of ether oxygens (including phenoxy) is 1. The zero-order valence-corrected chi connectivity index (χ0v) is 14.0. The smallest absolute Gasteiger partial charge is 0.0575 e. The van der Waals surface area contributed by atoms with Crippen LogP contribution in [-0.2, 0) is 4.74 Å². The molecule has 1 atom stereocenters. The second-order valence-electron chi connectivity index (χ2n) is 5.72. The highest BCUT2D eigenvalue weighted by molar-refractivity contribution is 9.10. The van der Waals surface area contributed by atoms with Gasteiger partial charge in [-0.25, -0.2) is 0 Å². The first kappa shape index (κ1) is 16.0. The fraction of sp³-hybridized carbons (Fsp3) is 0.647. The maximum Gasteiger partial charge on any atom is 0.0575 e. The summed E-state index contributed by atoms with van der Waals surface area (Å²) in [6.45, 7) is 4.12. The summed E-state index contributed by atoms with van der Waals surface area (Å²) < 4.78 is 7.08. The summed E-state index contributed by atoms with van der Waals surface area (Å²) in [7, 11) is 0. The second-order valence-corrected chi connectivity index (χ2v) is 6.63. The molecule has 0 aromatic heterocycles. The van der Waals surface area contributed by atoms with E-state index < -0.39 is 0 Å². The highest BCUT2D eigenvalue weighted by Gasteiger charge is 2.13. The molecule has 0 amide bonds. The van der Waals surface area contributed by atoms with Gasteiger partial charge in [0, 0.05) is 17.1 Å². The maximum absolute atomic E-state index is 5.94. The van der Waals surface area contributed by atoms with E-state index in [1.807, 2.05) is 0 Å². The minimum atomic E-state index is 0.391. The van der Waals surface area contributed by atoms with Crippen molar-refractivity contribution in [3.05, 3.63) is 34.3 Å². The lowest BCUT2D eigenvalue weighted by atomic mass is 9.98. The minimum Gasteiger partial charge on any atom is -0.378 e. The molecule has 0 radical (unpaired) electrons. The van der Waals surface area contributed by atoms with Crippen molar-refractivity contribution in [3.63, 3.8) is 0 Å². The van der Waals surface area contributed by atoms with Gasteiger partial charge in [-0.15, -0.1) is 0 Å². The van der Waals surface area contributed by atoms with E-state index in [1.165, 1.54) is 37.7 Å². The van der Waals surface area contributed by atoms with Crippen molar-refractivity contribution in [3.8, 4) is 0 Å². The molecule has 0 saturated heterocycles. The molecule has 2 nitrogen and oxygen atoms in total. The summed E-state index contributed by atoms with van der Waals surface area (Å²) in [5, 5.41) is 3.56. The second kappa shape index (κ2) is 8.81. The van der Waals surface area contributed by atoms with Crippen molar-refractivity contribution in [1.82, 2.24) is 5.32 Å². The van der Waals surface area contributed by atoms with Crippen molar-refractivity contribution in [1.29, 1.82) is 0 Å². The molecule has 0 bridgehead atoms. The van der Waals surface area contributed by atoms with E-state index in [0.717, 1.165) is 24.0 Å². The van der Waals surface area contributed by atoms with Crippen LogP contribution in [0.2, 0.25) is 0 Å². The molecule has 1 aliphatic rings. The van der Waals surface area contributed by atoms with Crippen molar-refractivity contribution < 1.29 is 4.74 Å². The molecule has 3 heteroatoms. The normalized spacial score (nSPS) is 18.1. The molecule has 1 N–H and O–H groups in total. The van der Waals surface area contributed by atoms with Gasteiger partial charge in [0.15, 0.2) is 0 Å².